The molecular weight excluding hydrogens is 550 g/mol. The Kier molecular flexibility index (Phi) is 7.78. The monoisotopic (exact) mass is 569 g/mol. The molecule has 0 N–H and O–H groups in total. The second-order valence-corrected chi connectivity index (χ2v) is 8.95. The normalized spacial score (nSPS) is 12.5. The number of hydrogen-bond donors (Lipinski definition) is 0. The van der Waals surface area contributed by atoms with Crippen LogP contribution in [0.4, 0.5) is 0 Å². The maximum Gasteiger partial charge on any atom is 0.282 e. The number of hydrogen-bond acceptors (Lipinski definition) is 5. The van der Waals surface area contributed by atoms with Gasteiger partial charge in [-0.1, -0.05) is 41.4 Å². The van der Waals surface area contributed by atoms with Gasteiger partial charge in [0, 0.05) is 20.4 Å². The molecule has 1 heterocycles. The Bertz CT molecular complexity index is 1210. The number of methoxy groups -OCH3 is 1. The van der Waals surface area contributed by atoms with Gasteiger partial charge in [0.05, 0.1) is 30.8 Å². The van der Waals surface area contributed by atoms with Crippen molar-refractivity contribution in [1.29, 1.82) is 0 Å². The van der Waals surface area contributed by atoms with Crippen molar-refractivity contribution in [3.8, 4) is 11.5 Å². The molecule has 6 nitrogen and oxygen atoms in total. The van der Waals surface area contributed by atoms with E-state index >= 15 is 0 Å². The minimum atomic E-state index is -0.237. The zero-order valence-corrected chi connectivity index (χ0v) is 21.5. The fourth-order valence-corrected chi connectivity index (χ4v) is 4.09. The van der Waals surface area contributed by atoms with Crippen molar-refractivity contribution in [2.75, 3.05) is 13.7 Å². The van der Waals surface area contributed by atoms with Crippen molar-refractivity contribution in [2.45, 2.75) is 33.1 Å². The van der Waals surface area contributed by atoms with Crippen LogP contribution in [0.2, 0.25) is 5.02 Å². The Hall–Kier alpha value is -1.90. The van der Waals surface area contributed by atoms with E-state index in [1.165, 1.54) is 11.8 Å². The maximum absolute atomic E-state index is 13.3. The molecule has 0 saturated carbocycles. The second-order valence-electron chi connectivity index (χ2n) is 6.86. The lowest BCUT2D eigenvalue weighted by atomic mass is 10.1. The van der Waals surface area contributed by atoms with Crippen LogP contribution >= 0.6 is 43.5 Å². The van der Waals surface area contributed by atoms with Crippen molar-refractivity contribution >= 4 is 60.6 Å². The van der Waals surface area contributed by atoms with E-state index in [0.717, 1.165) is 10.9 Å². The SMILES string of the molecule is CCOc1cc(C=Nn2c([C@@H](C)CC)nc3ccc(Br)cc3c2=O)c(Br)c(Cl)c1OC. The molecule has 1 atom stereocenters. The fourth-order valence-electron chi connectivity index (χ4n) is 3.05. The molecule has 2 aromatic carbocycles. The van der Waals surface area contributed by atoms with Crippen molar-refractivity contribution in [1.82, 2.24) is 9.66 Å². The molecule has 164 valence electrons. The van der Waals surface area contributed by atoms with Crippen molar-refractivity contribution in [3.05, 3.63) is 60.0 Å². The van der Waals surface area contributed by atoms with Gasteiger partial charge in [-0.15, -0.1) is 0 Å². The molecule has 0 saturated heterocycles. The molecule has 0 spiro atoms. The van der Waals surface area contributed by atoms with Gasteiger partial charge >= 0.3 is 0 Å². The first-order chi connectivity index (χ1) is 14.8. The number of ether oxygens (including phenoxy) is 2. The highest BCUT2D eigenvalue weighted by Crippen LogP contribution is 2.42. The lowest BCUT2D eigenvalue weighted by Crippen LogP contribution is -2.23. The first kappa shape index (κ1) is 23.8. The van der Waals surface area contributed by atoms with Crippen molar-refractivity contribution < 1.29 is 9.47 Å². The smallest absolute Gasteiger partial charge is 0.282 e. The Morgan fingerprint density at radius 3 is 2.68 bits per heavy atom. The van der Waals surface area contributed by atoms with E-state index in [0.29, 0.717) is 49.9 Å². The highest BCUT2D eigenvalue weighted by atomic mass is 79.9. The van der Waals surface area contributed by atoms with Crippen LogP contribution in [-0.4, -0.2) is 29.6 Å². The highest BCUT2D eigenvalue weighted by Gasteiger charge is 2.18. The van der Waals surface area contributed by atoms with Gasteiger partial charge in [0.1, 0.15) is 10.8 Å². The zero-order valence-electron chi connectivity index (χ0n) is 17.6. The Morgan fingerprint density at radius 2 is 2.03 bits per heavy atom. The molecule has 0 aliphatic carbocycles. The second kappa shape index (κ2) is 10.1. The third-order valence-electron chi connectivity index (χ3n) is 4.86. The number of benzene rings is 2. The summed E-state index contributed by atoms with van der Waals surface area (Å²) in [7, 11) is 1.53. The van der Waals surface area contributed by atoms with Crippen molar-refractivity contribution in [2.24, 2.45) is 5.10 Å². The summed E-state index contributed by atoms with van der Waals surface area (Å²) < 4.78 is 13.8. The molecule has 3 aromatic rings. The third-order valence-corrected chi connectivity index (χ3v) is 6.80. The van der Waals surface area contributed by atoms with Gasteiger partial charge in [0.25, 0.3) is 5.56 Å². The summed E-state index contributed by atoms with van der Waals surface area (Å²) in [5.41, 5.74) is 1.05. The van der Waals surface area contributed by atoms with E-state index in [1.54, 1.807) is 18.3 Å². The number of aromatic nitrogens is 2. The van der Waals surface area contributed by atoms with E-state index < -0.39 is 0 Å². The van der Waals surface area contributed by atoms with E-state index in [-0.39, 0.29) is 11.5 Å². The zero-order chi connectivity index (χ0) is 22.7. The van der Waals surface area contributed by atoms with Crippen LogP contribution in [0.5, 0.6) is 11.5 Å². The van der Waals surface area contributed by atoms with Crippen LogP contribution in [0.3, 0.4) is 0 Å². The molecule has 9 heteroatoms. The highest BCUT2D eigenvalue weighted by molar-refractivity contribution is 9.10. The molecule has 0 unspecified atom stereocenters. The number of rotatable bonds is 7. The van der Waals surface area contributed by atoms with Gasteiger partial charge in [0.2, 0.25) is 0 Å². The summed E-state index contributed by atoms with van der Waals surface area (Å²) in [6.45, 7) is 6.39. The molecule has 0 radical (unpaired) electrons. The summed E-state index contributed by atoms with van der Waals surface area (Å²) in [5.74, 6) is 1.57. The topological polar surface area (TPSA) is 65.7 Å². The summed E-state index contributed by atoms with van der Waals surface area (Å²) in [6, 6.07) is 7.22. The minimum Gasteiger partial charge on any atom is -0.491 e. The van der Waals surface area contributed by atoms with E-state index in [9.17, 15) is 4.79 Å². The van der Waals surface area contributed by atoms with Gasteiger partial charge in [-0.05, 0) is 53.5 Å². The van der Waals surface area contributed by atoms with Crippen LogP contribution in [0.15, 0.2) is 43.1 Å². The molecule has 0 fully saturated rings. The maximum atomic E-state index is 13.3. The molecule has 1 aromatic heterocycles. The standard InChI is InChI=1S/C22H22Br2ClN3O3/c1-5-12(3)21-27-16-8-7-14(23)10-15(16)22(29)28(21)26-11-13-9-17(31-6-2)20(30-4)19(25)18(13)24/h7-12H,5-6H2,1-4H3/t12-/m0/s1. The summed E-state index contributed by atoms with van der Waals surface area (Å²) >= 11 is 13.4. The summed E-state index contributed by atoms with van der Waals surface area (Å²) in [5, 5.41) is 5.35. The van der Waals surface area contributed by atoms with Crippen LogP contribution < -0.4 is 15.0 Å². The quantitative estimate of drug-likeness (QED) is 0.309. The van der Waals surface area contributed by atoms with Gasteiger partial charge in [-0.25, -0.2) is 4.98 Å². The van der Waals surface area contributed by atoms with Gasteiger partial charge in [-0.3, -0.25) is 4.79 Å². The van der Waals surface area contributed by atoms with Gasteiger partial charge in [-0.2, -0.15) is 9.78 Å². The molecule has 3 rings (SSSR count). The molecule has 0 aliphatic rings. The van der Waals surface area contributed by atoms with E-state index in [1.807, 2.05) is 32.9 Å². The number of fused-ring (bicyclic) bond motifs is 1. The lowest BCUT2D eigenvalue weighted by molar-refractivity contribution is 0.311. The largest absolute Gasteiger partial charge is 0.491 e. The molecule has 0 amide bonds. The minimum absolute atomic E-state index is 0.0415. The Morgan fingerprint density at radius 1 is 1.29 bits per heavy atom. The predicted molar refractivity (Wildman–Crippen MR) is 132 cm³/mol. The third kappa shape index (κ3) is 4.81. The Labute approximate surface area is 202 Å². The van der Waals surface area contributed by atoms with Crippen LogP contribution in [0, 0.1) is 0 Å². The van der Waals surface area contributed by atoms with Crippen LogP contribution in [-0.2, 0) is 0 Å². The molecule has 0 bridgehead atoms. The van der Waals surface area contributed by atoms with E-state index in [4.69, 9.17) is 26.1 Å². The van der Waals surface area contributed by atoms with E-state index in [2.05, 4.69) is 37.0 Å². The first-order valence-electron chi connectivity index (χ1n) is 9.77. The number of nitrogens with zero attached hydrogens (tertiary/aromatic N) is 3. The van der Waals surface area contributed by atoms with Crippen LogP contribution in [0.1, 0.15) is 44.5 Å². The molecule has 31 heavy (non-hydrogen) atoms. The summed E-state index contributed by atoms with van der Waals surface area (Å²) in [6.07, 6.45) is 2.38. The van der Waals surface area contributed by atoms with Gasteiger partial charge < -0.3 is 9.47 Å². The number of halogens is 3. The first-order valence-corrected chi connectivity index (χ1v) is 11.7. The fraction of sp³-hybridized carbons (Fsp3) is 0.318. The predicted octanol–water partition coefficient (Wildman–Crippen LogP) is 6.38. The average Bonchev–Trinajstić information content (AvgIpc) is 2.76. The average molecular weight is 572 g/mol. The summed E-state index contributed by atoms with van der Waals surface area (Å²) in [4.78, 5) is 18.0. The Balaban J connectivity index is 2.21. The van der Waals surface area contributed by atoms with Crippen molar-refractivity contribution in [3.63, 3.8) is 0 Å². The molecular formula is C22H22Br2ClN3O3. The lowest BCUT2D eigenvalue weighted by Gasteiger charge is -2.15. The molecule has 0 aliphatic heterocycles. The van der Waals surface area contributed by atoms with Gasteiger partial charge in [0.15, 0.2) is 11.5 Å². The van der Waals surface area contributed by atoms with Crippen LogP contribution in [0.25, 0.3) is 10.9 Å².